The van der Waals surface area contributed by atoms with Crippen LogP contribution in [0.1, 0.15) is 20.7 Å². The van der Waals surface area contributed by atoms with Gasteiger partial charge in [-0.1, -0.05) is 0 Å². The molecule has 2 heterocycles. The lowest BCUT2D eigenvalue weighted by molar-refractivity contribution is -0.111. The van der Waals surface area contributed by atoms with Crippen LogP contribution in [0.2, 0.25) is 0 Å². The summed E-state index contributed by atoms with van der Waals surface area (Å²) in [6, 6.07) is 5.91. The molecule has 2 aromatic rings. The Morgan fingerprint density at radius 2 is 1.22 bits per heavy atom. The summed E-state index contributed by atoms with van der Waals surface area (Å²) in [5.74, 6) is -2.81. The van der Waals surface area contributed by atoms with Crippen LogP contribution in [0.3, 0.4) is 0 Å². The third-order valence-corrected chi connectivity index (χ3v) is 2.26. The van der Waals surface area contributed by atoms with Crippen molar-refractivity contribution in [3.63, 3.8) is 0 Å². The lowest BCUT2D eigenvalue weighted by Gasteiger charge is -1.99. The second kappa shape index (κ2) is 5.09. The Balaban J connectivity index is 2.23. The molecule has 2 aromatic heterocycles. The molecule has 0 saturated heterocycles. The second-order valence-corrected chi connectivity index (χ2v) is 3.47. The largest absolute Gasteiger partial charge is 0.285 e. The van der Waals surface area contributed by atoms with Gasteiger partial charge in [0, 0.05) is 35.9 Å². The SMILES string of the molecule is O=C(C(=O)c1cccnc1)C(=O)c1cccnc1. The van der Waals surface area contributed by atoms with E-state index >= 15 is 0 Å². The molecular weight excluding hydrogens is 232 g/mol. The average molecular weight is 240 g/mol. The topological polar surface area (TPSA) is 77.0 Å². The van der Waals surface area contributed by atoms with Gasteiger partial charge in [0.15, 0.2) is 0 Å². The van der Waals surface area contributed by atoms with Gasteiger partial charge in [-0.2, -0.15) is 0 Å². The molecule has 0 radical (unpaired) electrons. The van der Waals surface area contributed by atoms with Gasteiger partial charge >= 0.3 is 0 Å². The Morgan fingerprint density at radius 3 is 1.56 bits per heavy atom. The fourth-order valence-electron chi connectivity index (χ4n) is 1.36. The minimum absolute atomic E-state index is 0.0970. The zero-order valence-corrected chi connectivity index (χ0v) is 9.24. The van der Waals surface area contributed by atoms with Crippen LogP contribution < -0.4 is 0 Å². The first-order valence-corrected chi connectivity index (χ1v) is 5.13. The summed E-state index contributed by atoms with van der Waals surface area (Å²) in [4.78, 5) is 42.6. The summed E-state index contributed by atoms with van der Waals surface area (Å²) in [5.41, 5.74) is 0.194. The Morgan fingerprint density at radius 1 is 0.778 bits per heavy atom. The number of Topliss-reactive ketones (excluding diaryl/α,β-unsaturated/α-hetero) is 3. The first-order chi connectivity index (χ1) is 8.70. The van der Waals surface area contributed by atoms with E-state index in [0.29, 0.717) is 0 Å². The van der Waals surface area contributed by atoms with Crippen LogP contribution in [-0.4, -0.2) is 27.3 Å². The van der Waals surface area contributed by atoms with E-state index in [1.165, 1.54) is 49.1 Å². The number of ketones is 3. The molecule has 88 valence electrons. The molecule has 18 heavy (non-hydrogen) atoms. The van der Waals surface area contributed by atoms with E-state index in [1.54, 1.807) is 0 Å². The number of nitrogens with zero attached hydrogens (tertiary/aromatic N) is 2. The Labute approximate surface area is 103 Å². The maximum absolute atomic E-state index is 11.7. The first-order valence-electron chi connectivity index (χ1n) is 5.13. The monoisotopic (exact) mass is 240 g/mol. The highest BCUT2D eigenvalue weighted by atomic mass is 16.2. The number of rotatable bonds is 4. The van der Waals surface area contributed by atoms with E-state index < -0.39 is 17.3 Å². The number of aromatic nitrogens is 2. The highest BCUT2D eigenvalue weighted by Crippen LogP contribution is 2.04. The van der Waals surface area contributed by atoms with Crippen LogP contribution in [-0.2, 0) is 4.79 Å². The van der Waals surface area contributed by atoms with Gasteiger partial charge in [-0.15, -0.1) is 0 Å². The number of hydrogen-bond acceptors (Lipinski definition) is 5. The molecule has 2 rings (SSSR count). The molecule has 0 aliphatic heterocycles. The van der Waals surface area contributed by atoms with E-state index in [4.69, 9.17) is 0 Å². The maximum Gasteiger partial charge on any atom is 0.274 e. The van der Waals surface area contributed by atoms with Gasteiger partial charge < -0.3 is 0 Å². The molecule has 0 aliphatic rings. The lowest BCUT2D eigenvalue weighted by Crippen LogP contribution is -2.24. The molecule has 5 heteroatoms. The normalized spacial score (nSPS) is 9.78. The summed E-state index contributed by atoms with van der Waals surface area (Å²) in [6.45, 7) is 0. The van der Waals surface area contributed by atoms with Gasteiger partial charge in [0.1, 0.15) is 0 Å². The van der Waals surface area contributed by atoms with Crippen molar-refractivity contribution in [3.05, 3.63) is 60.2 Å². The molecule has 0 saturated carbocycles. The number of carbonyl (C=O) groups is 3. The molecule has 0 aliphatic carbocycles. The van der Waals surface area contributed by atoms with Crippen molar-refractivity contribution < 1.29 is 14.4 Å². The third kappa shape index (κ3) is 2.35. The number of carbonyl (C=O) groups excluding carboxylic acids is 3. The molecule has 0 atom stereocenters. The molecule has 0 bridgehead atoms. The van der Waals surface area contributed by atoms with Gasteiger partial charge in [-0.3, -0.25) is 24.4 Å². The van der Waals surface area contributed by atoms with Crippen LogP contribution >= 0.6 is 0 Å². The second-order valence-electron chi connectivity index (χ2n) is 3.47. The molecule has 0 amide bonds. The van der Waals surface area contributed by atoms with E-state index in [1.807, 2.05) is 0 Å². The fourth-order valence-corrected chi connectivity index (χ4v) is 1.36. The predicted molar refractivity (Wildman–Crippen MR) is 62.1 cm³/mol. The van der Waals surface area contributed by atoms with E-state index in [2.05, 4.69) is 9.97 Å². The molecule has 0 spiro atoms. The number of hydrogen-bond donors (Lipinski definition) is 0. The molecule has 5 nitrogen and oxygen atoms in total. The smallest absolute Gasteiger partial charge is 0.274 e. The lowest BCUT2D eigenvalue weighted by atomic mass is 10.0. The van der Waals surface area contributed by atoms with Gasteiger partial charge in [0.25, 0.3) is 5.78 Å². The fraction of sp³-hybridized carbons (Fsp3) is 0. The Kier molecular flexibility index (Phi) is 3.33. The van der Waals surface area contributed by atoms with Crippen LogP contribution in [0.5, 0.6) is 0 Å². The van der Waals surface area contributed by atoms with E-state index in [0.717, 1.165) is 0 Å². The average Bonchev–Trinajstić information content (AvgIpc) is 2.47. The van der Waals surface area contributed by atoms with Crippen molar-refractivity contribution in [2.24, 2.45) is 0 Å². The number of pyridine rings is 2. The third-order valence-electron chi connectivity index (χ3n) is 2.26. The molecule has 0 unspecified atom stereocenters. The van der Waals surface area contributed by atoms with Crippen molar-refractivity contribution in [2.45, 2.75) is 0 Å². The summed E-state index contributed by atoms with van der Waals surface area (Å²) < 4.78 is 0. The zero-order valence-electron chi connectivity index (χ0n) is 9.24. The van der Waals surface area contributed by atoms with Crippen LogP contribution in [0.4, 0.5) is 0 Å². The van der Waals surface area contributed by atoms with Crippen molar-refractivity contribution in [3.8, 4) is 0 Å². The van der Waals surface area contributed by atoms with Gasteiger partial charge in [0.05, 0.1) is 0 Å². The van der Waals surface area contributed by atoms with Crippen molar-refractivity contribution >= 4 is 17.3 Å². The van der Waals surface area contributed by atoms with Gasteiger partial charge in [0.2, 0.25) is 11.6 Å². The first kappa shape index (κ1) is 11.8. The summed E-state index contributed by atoms with van der Waals surface area (Å²) >= 11 is 0. The maximum atomic E-state index is 11.7. The highest BCUT2D eigenvalue weighted by molar-refractivity contribution is 6.69. The van der Waals surface area contributed by atoms with Crippen LogP contribution in [0.25, 0.3) is 0 Å². The predicted octanol–water partition coefficient (Wildman–Crippen LogP) is 1.11. The minimum Gasteiger partial charge on any atom is -0.285 e. The Bertz CT molecular complexity index is 541. The van der Waals surface area contributed by atoms with Gasteiger partial charge in [-0.25, -0.2) is 0 Å². The van der Waals surface area contributed by atoms with Crippen LogP contribution in [0, 0.1) is 0 Å². The quantitative estimate of drug-likeness (QED) is 0.454. The molecule has 0 N–H and O–H groups in total. The van der Waals surface area contributed by atoms with Crippen molar-refractivity contribution in [1.82, 2.24) is 9.97 Å². The summed E-state index contributed by atoms with van der Waals surface area (Å²) in [7, 11) is 0. The standard InChI is InChI=1S/C13H8N2O3/c16-11(9-3-1-5-14-7-9)13(18)12(17)10-4-2-6-15-8-10/h1-8H. The Hall–Kier alpha value is -2.69. The minimum atomic E-state index is -1.09. The van der Waals surface area contributed by atoms with Gasteiger partial charge in [-0.05, 0) is 24.3 Å². The van der Waals surface area contributed by atoms with Crippen molar-refractivity contribution in [1.29, 1.82) is 0 Å². The van der Waals surface area contributed by atoms with E-state index in [9.17, 15) is 14.4 Å². The van der Waals surface area contributed by atoms with Crippen LogP contribution in [0.15, 0.2) is 49.1 Å². The summed E-state index contributed by atoms with van der Waals surface area (Å²) in [6.07, 6.45) is 5.45. The highest BCUT2D eigenvalue weighted by Gasteiger charge is 2.25. The zero-order chi connectivity index (χ0) is 13.0. The molecule has 0 fully saturated rings. The van der Waals surface area contributed by atoms with E-state index in [-0.39, 0.29) is 11.1 Å². The molecular formula is C13H8N2O3. The molecule has 0 aromatic carbocycles. The van der Waals surface area contributed by atoms with Crippen molar-refractivity contribution in [2.75, 3.05) is 0 Å². The summed E-state index contributed by atoms with van der Waals surface area (Å²) in [5, 5.41) is 0.